The largest absolute Gasteiger partial charge is 0.457 e. The number of hydrogen-bond donors (Lipinski definition) is 1. The van der Waals surface area contributed by atoms with E-state index in [-0.39, 0.29) is 5.82 Å². The zero-order chi connectivity index (χ0) is 15.1. The molecule has 0 amide bonds. The molecule has 0 aliphatic heterocycles. The molecule has 2 nitrogen and oxygen atoms in total. The standard InChI is InChI=1S/C18H22FNO/c1-3-12-20-18(4-2)14-8-10-16(11-9-14)21-17-7-5-6-15(19)13-17/h5-11,13,18,20H,3-4,12H2,1-2H3. The average molecular weight is 287 g/mol. The van der Waals surface area contributed by atoms with E-state index in [1.54, 1.807) is 12.1 Å². The molecule has 1 atom stereocenters. The molecule has 0 radical (unpaired) electrons. The van der Waals surface area contributed by atoms with Crippen LogP contribution in [0.15, 0.2) is 48.5 Å². The number of nitrogens with one attached hydrogen (secondary N) is 1. The third-order valence-electron chi connectivity index (χ3n) is 3.36. The second-order valence-electron chi connectivity index (χ2n) is 5.04. The molecule has 2 aromatic carbocycles. The number of benzene rings is 2. The van der Waals surface area contributed by atoms with Crippen LogP contribution in [-0.4, -0.2) is 6.54 Å². The van der Waals surface area contributed by atoms with Crippen LogP contribution in [0.2, 0.25) is 0 Å². The predicted molar refractivity (Wildman–Crippen MR) is 84.2 cm³/mol. The number of hydrogen-bond acceptors (Lipinski definition) is 2. The third-order valence-corrected chi connectivity index (χ3v) is 3.36. The van der Waals surface area contributed by atoms with Crippen LogP contribution < -0.4 is 10.1 Å². The Bertz CT molecular complexity index is 553. The van der Waals surface area contributed by atoms with Crippen LogP contribution in [0, 0.1) is 5.82 Å². The van der Waals surface area contributed by atoms with Gasteiger partial charge in [-0.2, -0.15) is 0 Å². The van der Waals surface area contributed by atoms with Crippen molar-refractivity contribution in [3.8, 4) is 11.5 Å². The van der Waals surface area contributed by atoms with E-state index in [0.717, 1.165) is 25.1 Å². The topological polar surface area (TPSA) is 21.3 Å². The van der Waals surface area contributed by atoms with Crippen molar-refractivity contribution in [1.82, 2.24) is 5.32 Å². The minimum atomic E-state index is -0.293. The van der Waals surface area contributed by atoms with E-state index < -0.39 is 0 Å². The molecule has 0 aliphatic carbocycles. The first kappa shape index (κ1) is 15.5. The fourth-order valence-electron chi connectivity index (χ4n) is 2.25. The first-order valence-electron chi connectivity index (χ1n) is 7.49. The first-order valence-corrected chi connectivity index (χ1v) is 7.49. The number of ether oxygens (including phenoxy) is 1. The molecule has 2 aromatic rings. The van der Waals surface area contributed by atoms with Gasteiger partial charge in [-0.25, -0.2) is 4.39 Å². The van der Waals surface area contributed by atoms with Gasteiger partial charge < -0.3 is 10.1 Å². The lowest BCUT2D eigenvalue weighted by Crippen LogP contribution is -2.21. The lowest BCUT2D eigenvalue weighted by molar-refractivity contribution is 0.475. The van der Waals surface area contributed by atoms with Gasteiger partial charge in [-0.3, -0.25) is 0 Å². The second-order valence-corrected chi connectivity index (χ2v) is 5.04. The molecule has 0 saturated heterocycles. The van der Waals surface area contributed by atoms with Crippen molar-refractivity contribution in [2.24, 2.45) is 0 Å². The van der Waals surface area contributed by atoms with Gasteiger partial charge in [0.25, 0.3) is 0 Å². The Balaban J connectivity index is 2.04. The predicted octanol–water partition coefficient (Wildman–Crippen LogP) is 5.07. The Hall–Kier alpha value is -1.87. The summed E-state index contributed by atoms with van der Waals surface area (Å²) in [5, 5.41) is 3.52. The minimum absolute atomic E-state index is 0.293. The molecule has 0 spiro atoms. The first-order chi connectivity index (χ1) is 10.2. The molecule has 0 saturated carbocycles. The third kappa shape index (κ3) is 4.57. The van der Waals surface area contributed by atoms with Crippen molar-refractivity contribution in [2.45, 2.75) is 32.7 Å². The van der Waals surface area contributed by atoms with E-state index in [4.69, 9.17) is 4.74 Å². The number of rotatable bonds is 7. The SMILES string of the molecule is CCCNC(CC)c1ccc(Oc2cccc(F)c2)cc1. The quantitative estimate of drug-likeness (QED) is 0.767. The summed E-state index contributed by atoms with van der Waals surface area (Å²) in [6.07, 6.45) is 2.17. The van der Waals surface area contributed by atoms with Crippen molar-refractivity contribution in [3.05, 3.63) is 59.9 Å². The van der Waals surface area contributed by atoms with Gasteiger partial charge in [0.15, 0.2) is 0 Å². The molecule has 3 heteroatoms. The van der Waals surface area contributed by atoms with Gasteiger partial charge in [-0.15, -0.1) is 0 Å². The second kappa shape index (κ2) is 7.79. The van der Waals surface area contributed by atoms with E-state index in [1.165, 1.54) is 17.7 Å². The average Bonchev–Trinajstić information content (AvgIpc) is 2.49. The summed E-state index contributed by atoms with van der Waals surface area (Å²) in [4.78, 5) is 0. The van der Waals surface area contributed by atoms with E-state index >= 15 is 0 Å². The van der Waals surface area contributed by atoms with E-state index in [0.29, 0.717) is 11.8 Å². The Morgan fingerprint density at radius 1 is 1.05 bits per heavy atom. The highest BCUT2D eigenvalue weighted by molar-refractivity contribution is 5.34. The molecular formula is C18H22FNO. The molecule has 0 aliphatic rings. The molecular weight excluding hydrogens is 265 g/mol. The van der Waals surface area contributed by atoms with Crippen molar-refractivity contribution in [2.75, 3.05) is 6.54 Å². The molecule has 0 aromatic heterocycles. The number of halogens is 1. The van der Waals surface area contributed by atoms with Crippen LogP contribution in [-0.2, 0) is 0 Å². The highest BCUT2D eigenvalue weighted by Crippen LogP contribution is 2.24. The lowest BCUT2D eigenvalue weighted by atomic mass is 10.0. The maximum absolute atomic E-state index is 13.1. The summed E-state index contributed by atoms with van der Waals surface area (Å²) in [5.41, 5.74) is 1.25. The molecule has 0 bridgehead atoms. The molecule has 2 rings (SSSR count). The van der Waals surface area contributed by atoms with Crippen molar-refractivity contribution < 1.29 is 9.13 Å². The van der Waals surface area contributed by atoms with Crippen molar-refractivity contribution in [1.29, 1.82) is 0 Å². The Kier molecular flexibility index (Phi) is 5.76. The Labute approximate surface area is 126 Å². The Morgan fingerprint density at radius 2 is 1.81 bits per heavy atom. The minimum Gasteiger partial charge on any atom is -0.457 e. The zero-order valence-electron chi connectivity index (χ0n) is 12.6. The monoisotopic (exact) mass is 287 g/mol. The highest BCUT2D eigenvalue weighted by atomic mass is 19.1. The zero-order valence-corrected chi connectivity index (χ0v) is 12.6. The van der Waals surface area contributed by atoms with Gasteiger partial charge in [0.1, 0.15) is 17.3 Å². The van der Waals surface area contributed by atoms with Gasteiger partial charge in [0.2, 0.25) is 0 Å². The highest BCUT2D eigenvalue weighted by Gasteiger charge is 2.08. The molecule has 1 N–H and O–H groups in total. The fraction of sp³-hybridized carbons (Fsp3) is 0.333. The summed E-state index contributed by atoms with van der Waals surface area (Å²) in [6.45, 7) is 5.35. The Morgan fingerprint density at radius 3 is 2.43 bits per heavy atom. The van der Waals surface area contributed by atoms with E-state index in [9.17, 15) is 4.39 Å². The van der Waals surface area contributed by atoms with Crippen LogP contribution in [0.4, 0.5) is 4.39 Å². The van der Waals surface area contributed by atoms with Crippen LogP contribution in [0.25, 0.3) is 0 Å². The van der Waals surface area contributed by atoms with Gasteiger partial charge in [0, 0.05) is 12.1 Å². The van der Waals surface area contributed by atoms with Crippen LogP contribution in [0.3, 0.4) is 0 Å². The molecule has 1 unspecified atom stereocenters. The van der Waals surface area contributed by atoms with Crippen LogP contribution in [0.1, 0.15) is 38.3 Å². The summed E-state index contributed by atoms with van der Waals surface area (Å²) >= 11 is 0. The van der Waals surface area contributed by atoms with Crippen LogP contribution >= 0.6 is 0 Å². The van der Waals surface area contributed by atoms with Crippen molar-refractivity contribution >= 4 is 0 Å². The summed E-state index contributed by atoms with van der Waals surface area (Å²) in [7, 11) is 0. The summed E-state index contributed by atoms with van der Waals surface area (Å²) < 4.78 is 18.8. The fourth-order valence-corrected chi connectivity index (χ4v) is 2.25. The lowest BCUT2D eigenvalue weighted by Gasteiger charge is -2.17. The van der Waals surface area contributed by atoms with Crippen LogP contribution in [0.5, 0.6) is 11.5 Å². The van der Waals surface area contributed by atoms with Gasteiger partial charge in [-0.1, -0.05) is 32.0 Å². The van der Waals surface area contributed by atoms with Gasteiger partial charge in [-0.05, 0) is 49.2 Å². The van der Waals surface area contributed by atoms with E-state index in [2.05, 4.69) is 31.3 Å². The van der Waals surface area contributed by atoms with E-state index in [1.807, 2.05) is 12.1 Å². The molecule has 0 heterocycles. The summed E-state index contributed by atoms with van der Waals surface area (Å²) in [6, 6.07) is 14.5. The molecule has 21 heavy (non-hydrogen) atoms. The van der Waals surface area contributed by atoms with Crippen molar-refractivity contribution in [3.63, 3.8) is 0 Å². The normalized spacial score (nSPS) is 12.1. The molecule has 112 valence electrons. The van der Waals surface area contributed by atoms with Gasteiger partial charge >= 0.3 is 0 Å². The smallest absolute Gasteiger partial charge is 0.130 e. The molecule has 0 fully saturated rings. The maximum atomic E-state index is 13.1. The summed E-state index contributed by atoms with van der Waals surface area (Å²) in [5.74, 6) is 0.938. The maximum Gasteiger partial charge on any atom is 0.130 e. The van der Waals surface area contributed by atoms with Gasteiger partial charge in [0.05, 0.1) is 0 Å².